The lowest BCUT2D eigenvalue weighted by Gasteiger charge is -2.28. The van der Waals surface area contributed by atoms with Gasteiger partial charge in [-0.15, -0.1) is 11.6 Å². The molecule has 0 unspecified atom stereocenters. The molecule has 0 aliphatic carbocycles. The molecule has 16 heavy (non-hydrogen) atoms. The molecule has 1 aliphatic heterocycles. The summed E-state index contributed by atoms with van der Waals surface area (Å²) < 4.78 is 10.5. The highest BCUT2D eigenvalue weighted by Crippen LogP contribution is 2.28. The summed E-state index contributed by atoms with van der Waals surface area (Å²) in [5.74, 6) is 1.56. The van der Waals surface area contributed by atoms with Crippen molar-refractivity contribution in [1.29, 1.82) is 0 Å². The fourth-order valence-electron chi connectivity index (χ4n) is 1.57. The Morgan fingerprint density at radius 1 is 1.56 bits per heavy atom. The minimum absolute atomic E-state index is 0.0687. The molecule has 1 aromatic carbocycles. The quantitative estimate of drug-likeness (QED) is 0.757. The van der Waals surface area contributed by atoms with Gasteiger partial charge in [0, 0.05) is 12.4 Å². The SMILES string of the molecule is COc1ccc2c(c1)C(=O)N(CCCl)CO2. The standard InChI is InChI=1S/C11H12ClNO3/c1-15-8-2-3-10-9(6-8)11(14)13(5-4-12)7-16-10/h2-3,6H,4-5,7H2,1H3. The van der Waals surface area contributed by atoms with E-state index in [4.69, 9.17) is 21.1 Å². The highest BCUT2D eigenvalue weighted by Gasteiger charge is 2.25. The number of carbonyl (C=O) groups excluding carboxylic acids is 1. The van der Waals surface area contributed by atoms with Gasteiger partial charge in [0.15, 0.2) is 6.73 Å². The number of benzene rings is 1. The van der Waals surface area contributed by atoms with Gasteiger partial charge in [0.25, 0.3) is 5.91 Å². The number of rotatable bonds is 3. The Morgan fingerprint density at radius 2 is 2.38 bits per heavy atom. The van der Waals surface area contributed by atoms with E-state index in [1.54, 1.807) is 30.2 Å². The highest BCUT2D eigenvalue weighted by atomic mass is 35.5. The first-order valence-corrected chi connectivity index (χ1v) is 5.46. The van der Waals surface area contributed by atoms with Crippen molar-refractivity contribution in [1.82, 2.24) is 4.90 Å². The van der Waals surface area contributed by atoms with Crippen molar-refractivity contribution >= 4 is 17.5 Å². The second kappa shape index (κ2) is 4.61. The molecule has 4 nitrogen and oxygen atoms in total. The van der Waals surface area contributed by atoms with Crippen LogP contribution in [0.2, 0.25) is 0 Å². The zero-order valence-electron chi connectivity index (χ0n) is 8.90. The van der Waals surface area contributed by atoms with Crippen LogP contribution in [0.15, 0.2) is 18.2 Å². The van der Waals surface area contributed by atoms with Crippen LogP contribution in [0.4, 0.5) is 0 Å². The number of ether oxygens (including phenoxy) is 2. The molecule has 0 spiro atoms. The Labute approximate surface area is 98.7 Å². The van der Waals surface area contributed by atoms with Gasteiger partial charge in [-0.05, 0) is 18.2 Å². The topological polar surface area (TPSA) is 38.8 Å². The molecule has 2 rings (SSSR count). The van der Waals surface area contributed by atoms with E-state index in [1.165, 1.54) is 0 Å². The van der Waals surface area contributed by atoms with Gasteiger partial charge in [-0.25, -0.2) is 0 Å². The Hall–Kier alpha value is -1.42. The number of hydrogen-bond acceptors (Lipinski definition) is 3. The molecule has 0 N–H and O–H groups in total. The van der Waals surface area contributed by atoms with Crippen LogP contribution in [0.25, 0.3) is 0 Å². The molecule has 1 aliphatic rings. The number of hydrogen-bond donors (Lipinski definition) is 0. The molecule has 0 saturated carbocycles. The van der Waals surface area contributed by atoms with E-state index >= 15 is 0 Å². The third-order valence-corrected chi connectivity index (χ3v) is 2.60. The van der Waals surface area contributed by atoms with Crippen molar-refractivity contribution in [3.63, 3.8) is 0 Å². The largest absolute Gasteiger partial charge is 0.497 e. The maximum Gasteiger partial charge on any atom is 0.260 e. The molecule has 0 aromatic heterocycles. The van der Waals surface area contributed by atoms with Gasteiger partial charge in [0.05, 0.1) is 12.7 Å². The maximum absolute atomic E-state index is 12.0. The van der Waals surface area contributed by atoms with Crippen molar-refractivity contribution in [2.45, 2.75) is 0 Å². The third kappa shape index (κ3) is 1.93. The Balaban J connectivity index is 2.31. The number of fused-ring (bicyclic) bond motifs is 1. The van der Waals surface area contributed by atoms with E-state index in [2.05, 4.69) is 0 Å². The molecule has 0 radical (unpaired) electrons. The molecule has 0 atom stereocenters. The van der Waals surface area contributed by atoms with Crippen molar-refractivity contribution in [2.75, 3.05) is 26.3 Å². The van der Waals surface area contributed by atoms with E-state index in [0.29, 0.717) is 29.5 Å². The van der Waals surface area contributed by atoms with Gasteiger partial charge in [-0.3, -0.25) is 4.79 Å². The lowest BCUT2D eigenvalue weighted by atomic mass is 10.1. The number of halogens is 1. The van der Waals surface area contributed by atoms with E-state index in [1.807, 2.05) is 0 Å². The Kier molecular flexibility index (Phi) is 3.19. The van der Waals surface area contributed by atoms with Crippen LogP contribution in [-0.4, -0.2) is 37.1 Å². The van der Waals surface area contributed by atoms with Crippen LogP contribution in [0.5, 0.6) is 11.5 Å². The second-order valence-electron chi connectivity index (χ2n) is 3.39. The van der Waals surface area contributed by atoms with Crippen molar-refractivity contribution in [3.05, 3.63) is 23.8 Å². The molecule has 5 heteroatoms. The zero-order chi connectivity index (χ0) is 11.5. The average Bonchev–Trinajstić information content (AvgIpc) is 2.33. The zero-order valence-corrected chi connectivity index (χ0v) is 9.66. The number of amides is 1. The van der Waals surface area contributed by atoms with Crippen LogP contribution in [0.3, 0.4) is 0 Å². The van der Waals surface area contributed by atoms with Gasteiger partial charge in [-0.1, -0.05) is 0 Å². The molecular formula is C11H12ClNO3. The fourth-order valence-corrected chi connectivity index (χ4v) is 1.78. The summed E-state index contributed by atoms with van der Waals surface area (Å²) in [6, 6.07) is 5.19. The van der Waals surface area contributed by atoms with Gasteiger partial charge in [0.1, 0.15) is 11.5 Å². The van der Waals surface area contributed by atoms with Gasteiger partial charge < -0.3 is 14.4 Å². The summed E-state index contributed by atoms with van der Waals surface area (Å²) >= 11 is 5.61. The molecule has 86 valence electrons. The van der Waals surface area contributed by atoms with Crippen LogP contribution >= 0.6 is 11.6 Å². The number of alkyl halides is 1. The predicted molar refractivity (Wildman–Crippen MR) is 60.2 cm³/mol. The molecule has 1 heterocycles. The first-order valence-electron chi connectivity index (χ1n) is 4.92. The first kappa shape index (κ1) is 11.1. The molecule has 0 fully saturated rings. The van der Waals surface area contributed by atoms with Crippen LogP contribution in [-0.2, 0) is 0 Å². The average molecular weight is 242 g/mol. The summed E-state index contributed by atoms with van der Waals surface area (Å²) in [5.41, 5.74) is 0.524. The molecular weight excluding hydrogens is 230 g/mol. The molecule has 0 bridgehead atoms. The first-order chi connectivity index (χ1) is 7.76. The third-order valence-electron chi connectivity index (χ3n) is 2.43. The number of nitrogens with zero attached hydrogens (tertiary/aromatic N) is 1. The Morgan fingerprint density at radius 3 is 3.06 bits per heavy atom. The van der Waals surface area contributed by atoms with Crippen molar-refractivity contribution < 1.29 is 14.3 Å². The lowest BCUT2D eigenvalue weighted by molar-refractivity contribution is 0.0539. The van der Waals surface area contributed by atoms with Crippen molar-refractivity contribution in [3.8, 4) is 11.5 Å². The molecule has 0 saturated heterocycles. The van der Waals surface area contributed by atoms with E-state index in [9.17, 15) is 4.79 Å². The van der Waals surface area contributed by atoms with Gasteiger partial charge in [-0.2, -0.15) is 0 Å². The fraction of sp³-hybridized carbons (Fsp3) is 0.364. The second-order valence-corrected chi connectivity index (χ2v) is 3.77. The smallest absolute Gasteiger partial charge is 0.260 e. The van der Waals surface area contributed by atoms with E-state index in [0.717, 1.165) is 0 Å². The molecule has 1 aromatic rings. The van der Waals surface area contributed by atoms with Crippen LogP contribution in [0.1, 0.15) is 10.4 Å². The van der Waals surface area contributed by atoms with Gasteiger partial charge >= 0.3 is 0 Å². The molecule has 1 amide bonds. The van der Waals surface area contributed by atoms with E-state index < -0.39 is 0 Å². The number of carbonyl (C=O) groups is 1. The maximum atomic E-state index is 12.0. The monoisotopic (exact) mass is 241 g/mol. The minimum atomic E-state index is -0.0687. The highest BCUT2D eigenvalue weighted by molar-refractivity contribution is 6.18. The summed E-state index contributed by atoms with van der Waals surface area (Å²) in [5, 5.41) is 0. The lowest BCUT2D eigenvalue weighted by Crippen LogP contribution is -2.39. The summed E-state index contributed by atoms with van der Waals surface area (Å²) in [6.45, 7) is 0.738. The number of methoxy groups -OCH3 is 1. The Bertz CT molecular complexity index is 408. The van der Waals surface area contributed by atoms with Crippen LogP contribution < -0.4 is 9.47 Å². The van der Waals surface area contributed by atoms with Crippen LogP contribution in [0, 0.1) is 0 Å². The van der Waals surface area contributed by atoms with Gasteiger partial charge in [0.2, 0.25) is 0 Å². The summed E-state index contributed by atoms with van der Waals surface area (Å²) in [6.07, 6.45) is 0. The van der Waals surface area contributed by atoms with Crippen molar-refractivity contribution in [2.24, 2.45) is 0 Å². The normalized spacial score (nSPS) is 14.4. The van der Waals surface area contributed by atoms with E-state index in [-0.39, 0.29) is 12.6 Å². The minimum Gasteiger partial charge on any atom is -0.497 e. The summed E-state index contributed by atoms with van der Waals surface area (Å²) in [7, 11) is 1.56. The summed E-state index contributed by atoms with van der Waals surface area (Å²) in [4.78, 5) is 13.6. The predicted octanol–water partition coefficient (Wildman–Crippen LogP) is 1.73.